The predicted molar refractivity (Wildman–Crippen MR) is 75.9 cm³/mol. The summed E-state index contributed by atoms with van der Waals surface area (Å²) in [5.41, 5.74) is 9.45. The van der Waals surface area contributed by atoms with E-state index < -0.39 is 0 Å². The van der Waals surface area contributed by atoms with E-state index in [-0.39, 0.29) is 0 Å². The average molecular weight is 259 g/mol. The second-order valence-corrected chi connectivity index (χ2v) is 5.68. The summed E-state index contributed by atoms with van der Waals surface area (Å²) in [4.78, 5) is 8.55. The molecule has 0 aliphatic carbocycles. The molecule has 2 aromatic heterocycles. The largest absolute Gasteiger partial charge is 0.352 e. The van der Waals surface area contributed by atoms with E-state index in [4.69, 9.17) is 5.73 Å². The van der Waals surface area contributed by atoms with Crippen LogP contribution in [0.15, 0.2) is 23.6 Å². The molecular weight excluding hydrogens is 242 g/mol. The van der Waals surface area contributed by atoms with Crippen LogP contribution in [0.25, 0.3) is 0 Å². The number of hydrogen-bond donors (Lipinski definition) is 1. The Bertz CT molecular complexity index is 562. The highest BCUT2D eigenvalue weighted by Crippen LogP contribution is 2.28. The topological polar surface area (TPSA) is 42.1 Å². The summed E-state index contributed by atoms with van der Waals surface area (Å²) in [5, 5.41) is 2.18. The lowest BCUT2D eigenvalue weighted by Crippen LogP contribution is -2.31. The maximum absolute atomic E-state index is 5.82. The molecule has 18 heavy (non-hydrogen) atoms. The van der Waals surface area contributed by atoms with Gasteiger partial charge in [-0.25, -0.2) is 4.98 Å². The van der Waals surface area contributed by atoms with Crippen molar-refractivity contribution in [3.63, 3.8) is 0 Å². The van der Waals surface area contributed by atoms with Gasteiger partial charge in [0.2, 0.25) is 0 Å². The van der Waals surface area contributed by atoms with Gasteiger partial charge in [0.1, 0.15) is 5.82 Å². The van der Waals surface area contributed by atoms with Crippen LogP contribution < -0.4 is 10.6 Å². The molecule has 0 aromatic carbocycles. The van der Waals surface area contributed by atoms with E-state index in [2.05, 4.69) is 27.4 Å². The first-order valence-corrected chi connectivity index (χ1v) is 7.12. The van der Waals surface area contributed by atoms with Crippen molar-refractivity contribution in [1.29, 1.82) is 0 Å². The second kappa shape index (κ2) is 4.71. The fraction of sp³-hybridized carbons (Fsp3) is 0.357. The Labute approximate surface area is 111 Å². The number of aromatic nitrogens is 1. The van der Waals surface area contributed by atoms with Gasteiger partial charge in [-0.05, 0) is 36.4 Å². The molecular formula is C14H17N3S. The molecule has 3 nitrogen and oxygen atoms in total. The van der Waals surface area contributed by atoms with Crippen LogP contribution in [0.3, 0.4) is 0 Å². The molecule has 0 unspecified atom stereocenters. The molecule has 0 atom stereocenters. The number of rotatable bonds is 2. The smallest absolute Gasteiger partial charge is 0.133 e. The summed E-state index contributed by atoms with van der Waals surface area (Å²) in [6, 6.07) is 6.36. The molecule has 2 aromatic rings. The average Bonchev–Trinajstić information content (AvgIpc) is 2.85. The first-order chi connectivity index (χ1) is 8.78. The number of fused-ring (bicyclic) bond motifs is 1. The Morgan fingerprint density at radius 3 is 3.11 bits per heavy atom. The third-order valence-corrected chi connectivity index (χ3v) is 4.45. The Balaban J connectivity index is 1.94. The number of hydrogen-bond acceptors (Lipinski definition) is 4. The minimum atomic E-state index is 0.551. The van der Waals surface area contributed by atoms with Gasteiger partial charge in [-0.2, -0.15) is 0 Å². The number of aryl methyl sites for hydroxylation is 1. The van der Waals surface area contributed by atoms with E-state index in [0.717, 1.165) is 36.6 Å². The van der Waals surface area contributed by atoms with Crippen molar-refractivity contribution >= 4 is 17.2 Å². The third-order valence-electron chi connectivity index (χ3n) is 3.42. The first-order valence-electron chi connectivity index (χ1n) is 6.24. The minimum Gasteiger partial charge on any atom is -0.352 e. The van der Waals surface area contributed by atoms with Crippen LogP contribution in [0, 0.1) is 6.92 Å². The van der Waals surface area contributed by atoms with E-state index in [1.807, 2.05) is 24.3 Å². The SMILES string of the molecule is Cc1ccc(CN)c(N2CCc3sccc3C2)n1. The fourth-order valence-corrected chi connectivity index (χ4v) is 3.32. The van der Waals surface area contributed by atoms with Gasteiger partial charge in [-0.15, -0.1) is 11.3 Å². The molecule has 94 valence electrons. The molecule has 4 heteroatoms. The van der Waals surface area contributed by atoms with Gasteiger partial charge in [-0.3, -0.25) is 0 Å². The number of nitrogens with zero attached hydrogens (tertiary/aromatic N) is 2. The third kappa shape index (κ3) is 2.02. The minimum absolute atomic E-state index is 0.551. The lowest BCUT2D eigenvalue weighted by molar-refractivity contribution is 0.724. The van der Waals surface area contributed by atoms with Crippen molar-refractivity contribution < 1.29 is 0 Å². The number of pyridine rings is 1. The van der Waals surface area contributed by atoms with Crippen LogP contribution in [-0.2, 0) is 19.5 Å². The van der Waals surface area contributed by atoms with Crippen LogP contribution in [0.4, 0.5) is 5.82 Å². The number of anilines is 1. The van der Waals surface area contributed by atoms with Crippen molar-refractivity contribution in [2.75, 3.05) is 11.4 Å². The molecule has 2 N–H and O–H groups in total. The monoisotopic (exact) mass is 259 g/mol. The zero-order valence-electron chi connectivity index (χ0n) is 10.5. The molecule has 3 rings (SSSR count). The first kappa shape index (κ1) is 11.7. The lowest BCUT2D eigenvalue weighted by Gasteiger charge is -2.29. The molecule has 0 saturated heterocycles. The van der Waals surface area contributed by atoms with Gasteiger partial charge >= 0.3 is 0 Å². The highest BCUT2D eigenvalue weighted by molar-refractivity contribution is 7.10. The molecule has 0 fully saturated rings. The molecule has 1 aliphatic heterocycles. The number of thiophene rings is 1. The summed E-state index contributed by atoms with van der Waals surface area (Å²) in [5.74, 6) is 1.06. The molecule has 3 heterocycles. The maximum Gasteiger partial charge on any atom is 0.133 e. The second-order valence-electron chi connectivity index (χ2n) is 4.68. The molecule has 0 amide bonds. The highest BCUT2D eigenvalue weighted by atomic mass is 32.1. The van der Waals surface area contributed by atoms with Gasteiger partial charge in [0.05, 0.1) is 0 Å². The van der Waals surface area contributed by atoms with Crippen LogP contribution in [-0.4, -0.2) is 11.5 Å². The summed E-state index contributed by atoms with van der Waals surface area (Å²) in [7, 11) is 0. The van der Waals surface area contributed by atoms with E-state index >= 15 is 0 Å². The Morgan fingerprint density at radius 2 is 2.28 bits per heavy atom. The Kier molecular flexibility index (Phi) is 3.06. The van der Waals surface area contributed by atoms with E-state index in [1.165, 1.54) is 10.4 Å². The summed E-state index contributed by atoms with van der Waals surface area (Å²) >= 11 is 1.86. The lowest BCUT2D eigenvalue weighted by atomic mass is 10.1. The highest BCUT2D eigenvalue weighted by Gasteiger charge is 2.20. The fourth-order valence-electron chi connectivity index (χ4n) is 2.43. The van der Waals surface area contributed by atoms with E-state index in [0.29, 0.717) is 6.54 Å². The molecule has 0 bridgehead atoms. The van der Waals surface area contributed by atoms with Crippen molar-refractivity contribution in [1.82, 2.24) is 4.98 Å². The molecule has 0 spiro atoms. The van der Waals surface area contributed by atoms with Crippen LogP contribution in [0.5, 0.6) is 0 Å². The summed E-state index contributed by atoms with van der Waals surface area (Å²) < 4.78 is 0. The predicted octanol–water partition coefficient (Wildman–Crippen LogP) is 2.47. The van der Waals surface area contributed by atoms with E-state index in [1.54, 1.807) is 0 Å². The van der Waals surface area contributed by atoms with E-state index in [9.17, 15) is 0 Å². The van der Waals surface area contributed by atoms with Gasteiger partial charge in [-0.1, -0.05) is 6.07 Å². The maximum atomic E-state index is 5.82. The van der Waals surface area contributed by atoms with Gasteiger partial charge in [0, 0.05) is 35.8 Å². The summed E-state index contributed by atoms with van der Waals surface area (Å²) in [6.45, 7) is 4.58. The van der Waals surface area contributed by atoms with Crippen molar-refractivity contribution in [2.45, 2.75) is 26.4 Å². The van der Waals surface area contributed by atoms with Gasteiger partial charge in [0.15, 0.2) is 0 Å². The summed E-state index contributed by atoms with van der Waals surface area (Å²) in [6.07, 6.45) is 1.12. The molecule has 0 saturated carbocycles. The Morgan fingerprint density at radius 1 is 1.39 bits per heavy atom. The molecule has 0 radical (unpaired) electrons. The van der Waals surface area contributed by atoms with Gasteiger partial charge < -0.3 is 10.6 Å². The normalized spacial score (nSPS) is 14.7. The number of nitrogens with two attached hydrogens (primary N) is 1. The quantitative estimate of drug-likeness (QED) is 0.901. The van der Waals surface area contributed by atoms with Crippen LogP contribution in [0.2, 0.25) is 0 Å². The Hall–Kier alpha value is -1.39. The van der Waals surface area contributed by atoms with Crippen molar-refractivity contribution in [3.8, 4) is 0 Å². The van der Waals surface area contributed by atoms with Crippen LogP contribution >= 0.6 is 11.3 Å². The van der Waals surface area contributed by atoms with Crippen molar-refractivity contribution in [2.24, 2.45) is 5.73 Å². The van der Waals surface area contributed by atoms with Gasteiger partial charge in [0.25, 0.3) is 0 Å². The zero-order valence-corrected chi connectivity index (χ0v) is 11.3. The zero-order chi connectivity index (χ0) is 12.5. The van der Waals surface area contributed by atoms with Crippen molar-refractivity contribution in [3.05, 3.63) is 45.3 Å². The van der Waals surface area contributed by atoms with Crippen LogP contribution in [0.1, 0.15) is 21.7 Å². The standard InChI is InChI=1S/C14H17N3S/c1-10-2-3-11(8-15)14(16-10)17-6-4-13-12(9-17)5-7-18-13/h2-3,5,7H,4,6,8-9,15H2,1H3. The molecule has 1 aliphatic rings.